The fraction of sp³-hybridized carbons (Fsp3) is 0.667. The largest absolute Gasteiger partial charge is 0.417 e. The first kappa shape index (κ1) is 18.4. The molecule has 0 radical (unpaired) electrons. The molecule has 25 heavy (non-hydrogen) atoms. The summed E-state index contributed by atoms with van der Waals surface area (Å²) in [5.41, 5.74) is -0.427. The lowest BCUT2D eigenvalue weighted by atomic mass is 10.2. The maximum Gasteiger partial charge on any atom is 0.417 e. The van der Waals surface area contributed by atoms with E-state index in [1.165, 1.54) is 10.5 Å². The van der Waals surface area contributed by atoms with E-state index in [2.05, 4.69) is 10.3 Å². The number of pyridine rings is 1. The molecule has 0 aliphatic carbocycles. The lowest BCUT2D eigenvalue weighted by Crippen LogP contribution is -2.52. The first-order chi connectivity index (χ1) is 11.8. The third kappa shape index (κ3) is 4.06. The SMILES string of the molecule is O=S(=O)(C1CCNCC1)N1CCN(c2cncc(C(F)(F)F)c2)CC1. The van der Waals surface area contributed by atoms with Crippen LogP contribution in [0.2, 0.25) is 0 Å². The molecule has 3 rings (SSSR count). The molecule has 0 amide bonds. The van der Waals surface area contributed by atoms with Crippen LogP contribution in [0.1, 0.15) is 18.4 Å². The van der Waals surface area contributed by atoms with Gasteiger partial charge in [-0.1, -0.05) is 0 Å². The van der Waals surface area contributed by atoms with Gasteiger partial charge in [0.1, 0.15) is 0 Å². The van der Waals surface area contributed by atoms with Crippen molar-refractivity contribution in [2.24, 2.45) is 0 Å². The highest BCUT2D eigenvalue weighted by atomic mass is 32.2. The Balaban J connectivity index is 1.66. The van der Waals surface area contributed by atoms with Crippen molar-refractivity contribution >= 4 is 15.7 Å². The molecule has 0 atom stereocenters. The number of nitrogens with zero attached hydrogens (tertiary/aromatic N) is 3. The van der Waals surface area contributed by atoms with Crippen LogP contribution in [-0.2, 0) is 16.2 Å². The molecule has 1 aromatic rings. The third-order valence-electron chi connectivity index (χ3n) is 4.72. The normalized spacial score (nSPS) is 21.5. The topological polar surface area (TPSA) is 65.5 Å². The summed E-state index contributed by atoms with van der Waals surface area (Å²) in [5, 5.41) is 2.78. The molecule has 140 valence electrons. The number of hydrogen-bond acceptors (Lipinski definition) is 5. The zero-order valence-corrected chi connectivity index (χ0v) is 14.5. The fourth-order valence-corrected chi connectivity index (χ4v) is 5.19. The van der Waals surface area contributed by atoms with Crippen LogP contribution in [-0.4, -0.2) is 62.2 Å². The smallest absolute Gasteiger partial charge is 0.368 e. The van der Waals surface area contributed by atoms with Crippen molar-refractivity contribution in [3.05, 3.63) is 24.0 Å². The number of rotatable bonds is 3. The Labute approximate surface area is 145 Å². The minimum Gasteiger partial charge on any atom is -0.368 e. The highest BCUT2D eigenvalue weighted by Crippen LogP contribution is 2.31. The zero-order valence-electron chi connectivity index (χ0n) is 13.7. The maximum atomic E-state index is 12.8. The molecule has 2 aliphatic rings. The summed E-state index contributed by atoms with van der Waals surface area (Å²) in [6.45, 7) is 2.66. The van der Waals surface area contributed by atoms with E-state index in [9.17, 15) is 21.6 Å². The molecule has 1 aromatic heterocycles. The van der Waals surface area contributed by atoms with Gasteiger partial charge in [0, 0.05) is 32.4 Å². The molecular formula is C15H21F3N4O2S. The van der Waals surface area contributed by atoms with E-state index in [1.54, 1.807) is 4.90 Å². The molecule has 2 aliphatic heterocycles. The molecule has 0 spiro atoms. The van der Waals surface area contributed by atoms with Crippen molar-refractivity contribution in [3.63, 3.8) is 0 Å². The zero-order chi connectivity index (χ0) is 18.1. The Morgan fingerprint density at radius 3 is 2.32 bits per heavy atom. The van der Waals surface area contributed by atoms with Crippen LogP contribution in [0.25, 0.3) is 0 Å². The molecule has 2 saturated heterocycles. The summed E-state index contributed by atoms with van der Waals surface area (Å²) in [4.78, 5) is 5.41. The predicted octanol–water partition coefficient (Wildman–Crippen LogP) is 1.30. The van der Waals surface area contributed by atoms with Gasteiger partial charge in [0.05, 0.1) is 22.7 Å². The average Bonchev–Trinajstić information content (AvgIpc) is 2.62. The number of sulfonamides is 1. The van der Waals surface area contributed by atoms with E-state index in [0.717, 1.165) is 12.3 Å². The molecule has 10 heteroatoms. The summed E-state index contributed by atoms with van der Waals surface area (Å²) in [6.07, 6.45) is -1.07. The van der Waals surface area contributed by atoms with Crippen molar-refractivity contribution in [2.45, 2.75) is 24.3 Å². The van der Waals surface area contributed by atoms with Gasteiger partial charge in [-0.3, -0.25) is 4.98 Å². The molecular weight excluding hydrogens is 357 g/mol. The van der Waals surface area contributed by atoms with Gasteiger partial charge in [0.2, 0.25) is 10.0 Å². The summed E-state index contributed by atoms with van der Waals surface area (Å²) in [6, 6.07) is 1.06. The molecule has 3 heterocycles. The highest BCUT2D eigenvalue weighted by molar-refractivity contribution is 7.89. The Bertz CT molecular complexity index is 697. The van der Waals surface area contributed by atoms with E-state index in [4.69, 9.17) is 0 Å². The molecule has 6 nitrogen and oxygen atoms in total. The second kappa shape index (κ2) is 7.08. The number of hydrogen-bond donors (Lipinski definition) is 1. The lowest BCUT2D eigenvalue weighted by molar-refractivity contribution is -0.137. The van der Waals surface area contributed by atoms with Gasteiger partial charge in [0.15, 0.2) is 0 Å². The first-order valence-electron chi connectivity index (χ1n) is 8.25. The van der Waals surface area contributed by atoms with Gasteiger partial charge in [-0.15, -0.1) is 0 Å². The van der Waals surface area contributed by atoms with Gasteiger partial charge in [-0.25, -0.2) is 8.42 Å². The Hall–Kier alpha value is -1.39. The highest BCUT2D eigenvalue weighted by Gasteiger charge is 2.35. The van der Waals surface area contributed by atoms with E-state index in [0.29, 0.717) is 44.7 Å². The van der Waals surface area contributed by atoms with Gasteiger partial charge >= 0.3 is 6.18 Å². The number of halogens is 3. The van der Waals surface area contributed by atoms with Gasteiger partial charge < -0.3 is 10.2 Å². The van der Waals surface area contributed by atoms with Crippen LogP contribution in [0.5, 0.6) is 0 Å². The van der Waals surface area contributed by atoms with Gasteiger partial charge in [-0.05, 0) is 32.0 Å². The van der Waals surface area contributed by atoms with Gasteiger partial charge in [-0.2, -0.15) is 17.5 Å². The second-order valence-electron chi connectivity index (χ2n) is 6.31. The van der Waals surface area contributed by atoms with Crippen LogP contribution in [0, 0.1) is 0 Å². The van der Waals surface area contributed by atoms with Crippen LogP contribution in [0.15, 0.2) is 18.5 Å². The lowest BCUT2D eigenvalue weighted by Gasteiger charge is -2.37. The van der Waals surface area contributed by atoms with Crippen molar-refractivity contribution in [3.8, 4) is 0 Å². The molecule has 0 saturated carbocycles. The van der Waals surface area contributed by atoms with E-state index < -0.39 is 21.8 Å². The summed E-state index contributed by atoms with van der Waals surface area (Å²) >= 11 is 0. The fourth-order valence-electron chi connectivity index (χ4n) is 3.26. The Morgan fingerprint density at radius 1 is 1.08 bits per heavy atom. The molecule has 2 fully saturated rings. The second-order valence-corrected chi connectivity index (χ2v) is 8.52. The van der Waals surface area contributed by atoms with Crippen LogP contribution >= 0.6 is 0 Å². The van der Waals surface area contributed by atoms with Gasteiger partial charge in [0.25, 0.3) is 0 Å². The number of aromatic nitrogens is 1. The van der Waals surface area contributed by atoms with Crippen molar-refractivity contribution in [2.75, 3.05) is 44.2 Å². The molecule has 0 aromatic carbocycles. The third-order valence-corrected chi connectivity index (χ3v) is 7.12. The number of anilines is 1. The first-order valence-corrected chi connectivity index (χ1v) is 9.75. The Morgan fingerprint density at radius 2 is 1.72 bits per heavy atom. The standard InChI is InChI=1S/C15H21F3N4O2S/c16-15(17,18)12-9-13(11-20-10-12)21-5-7-22(8-6-21)25(23,24)14-1-3-19-4-2-14/h9-11,14,19H,1-8H2. The van der Waals surface area contributed by atoms with Crippen LogP contribution in [0.4, 0.5) is 18.9 Å². The predicted molar refractivity (Wildman–Crippen MR) is 87.8 cm³/mol. The van der Waals surface area contributed by atoms with E-state index in [-0.39, 0.29) is 18.3 Å². The monoisotopic (exact) mass is 378 g/mol. The summed E-state index contributed by atoms with van der Waals surface area (Å²) in [5.74, 6) is 0. The Kier molecular flexibility index (Phi) is 5.21. The number of alkyl halides is 3. The van der Waals surface area contributed by atoms with Crippen molar-refractivity contribution in [1.82, 2.24) is 14.6 Å². The quantitative estimate of drug-likeness (QED) is 0.859. The number of piperazine rings is 1. The van der Waals surface area contributed by atoms with E-state index >= 15 is 0 Å². The minimum absolute atomic E-state index is 0.280. The number of piperidine rings is 1. The average molecular weight is 378 g/mol. The van der Waals surface area contributed by atoms with E-state index in [1.807, 2.05) is 0 Å². The summed E-state index contributed by atoms with van der Waals surface area (Å²) < 4.78 is 65.3. The minimum atomic E-state index is -4.44. The molecule has 0 unspecified atom stereocenters. The molecule has 1 N–H and O–H groups in total. The maximum absolute atomic E-state index is 12.8. The van der Waals surface area contributed by atoms with Crippen LogP contribution in [0.3, 0.4) is 0 Å². The van der Waals surface area contributed by atoms with Crippen LogP contribution < -0.4 is 10.2 Å². The van der Waals surface area contributed by atoms with Crippen molar-refractivity contribution in [1.29, 1.82) is 0 Å². The van der Waals surface area contributed by atoms with Crippen molar-refractivity contribution < 1.29 is 21.6 Å². The molecule has 0 bridgehead atoms. The number of nitrogens with one attached hydrogen (secondary N) is 1. The summed E-state index contributed by atoms with van der Waals surface area (Å²) in [7, 11) is -3.35.